The van der Waals surface area contributed by atoms with Gasteiger partial charge in [0.2, 0.25) is 5.95 Å². The second-order valence-electron chi connectivity index (χ2n) is 2.75. The van der Waals surface area contributed by atoms with Crippen molar-refractivity contribution in [2.45, 2.75) is 33.1 Å². The molecule has 1 rings (SSSR count). The molecular weight excluding hydrogens is 236 g/mol. The zero-order valence-corrected chi connectivity index (χ0v) is 9.28. The molecule has 13 heavy (non-hydrogen) atoms. The van der Waals surface area contributed by atoms with Gasteiger partial charge in [0.15, 0.2) is 4.73 Å². The van der Waals surface area contributed by atoms with Crippen molar-refractivity contribution in [3.8, 4) is 0 Å². The summed E-state index contributed by atoms with van der Waals surface area (Å²) < 4.78 is 7.61. The number of hydrogen-bond acceptors (Lipinski definition) is 4. The second kappa shape index (κ2) is 4.57. The number of rotatable bonds is 4. The number of nitrogens with two attached hydrogens (primary N) is 1. The Balaban J connectivity index is 2.49. The summed E-state index contributed by atoms with van der Waals surface area (Å²) in [6, 6.07) is 0. The van der Waals surface area contributed by atoms with E-state index in [9.17, 15) is 0 Å². The Bertz CT molecular complexity index is 275. The third-order valence-corrected chi connectivity index (χ3v) is 2.29. The topological polar surface area (TPSA) is 66.0 Å². The highest BCUT2D eigenvalue weighted by Crippen LogP contribution is 2.08. The van der Waals surface area contributed by atoms with Crippen molar-refractivity contribution in [2.24, 2.45) is 0 Å². The Labute approximate surface area is 85.4 Å². The summed E-state index contributed by atoms with van der Waals surface area (Å²) in [7, 11) is 0. The number of hydrogen-bond donors (Lipinski definition) is 1. The van der Waals surface area contributed by atoms with Gasteiger partial charge in [-0.3, -0.25) is 0 Å². The van der Waals surface area contributed by atoms with Crippen molar-refractivity contribution in [1.82, 2.24) is 14.8 Å². The van der Waals surface area contributed by atoms with Crippen LogP contribution in [0.1, 0.15) is 20.3 Å². The zero-order valence-electron chi connectivity index (χ0n) is 7.70. The minimum absolute atomic E-state index is 0.220. The van der Waals surface area contributed by atoms with Crippen molar-refractivity contribution >= 4 is 21.9 Å². The van der Waals surface area contributed by atoms with Crippen LogP contribution in [0.25, 0.3) is 0 Å². The molecular formula is C7H13BrN4O. The van der Waals surface area contributed by atoms with Gasteiger partial charge in [-0.15, -0.1) is 5.10 Å². The Morgan fingerprint density at radius 3 is 2.85 bits per heavy atom. The summed E-state index contributed by atoms with van der Waals surface area (Å²) in [6.07, 6.45) is 1.19. The smallest absolute Gasteiger partial charge is 0.240 e. The van der Waals surface area contributed by atoms with Crippen LogP contribution in [0.4, 0.5) is 5.95 Å². The predicted molar refractivity (Wildman–Crippen MR) is 53.0 cm³/mol. The zero-order chi connectivity index (χ0) is 9.84. The molecule has 6 heteroatoms. The molecule has 2 N–H and O–H groups in total. The molecule has 0 spiro atoms. The van der Waals surface area contributed by atoms with Crippen LogP contribution in [0, 0.1) is 0 Å². The number of nitrogens with zero attached hydrogens (tertiary/aromatic N) is 3. The molecule has 0 fully saturated rings. The van der Waals surface area contributed by atoms with Gasteiger partial charge in [0, 0.05) is 0 Å². The van der Waals surface area contributed by atoms with Gasteiger partial charge in [-0.25, -0.2) is 4.68 Å². The average Bonchev–Trinajstić information content (AvgIpc) is 2.41. The van der Waals surface area contributed by atoms with E-state index in [0.717, 1.165) is 6.42 Å². The van der Waals surface area contributed by atoms with E-state index in [1.54, 1.807) is 4.68 Å². The van der Waals surface area contributed by atoms with E-state index < -0.39 is 0 Å². The standard InChI is InChI=1S/C7H13BrN4O/c1-3-5(2)13-4-12-6(8)10-7(9)11-12/h5H,3-4H2,1-2H3,(H2,9,11). The molecule has 1 heterocycles. The fourth-order valence-corrected chi connectivity index (χ4v) is 1.10. The van der Waals surface area contributed by atoms with Gasteiger partial charge in [-0.1, -0.05) is 6.92 Å². The van der Waals surface area contributed by atoms with Gasteiger partial charge in [-0.2, -0.15) is 4.98 Å². The Morgan fingerprint density at radius 1 is 1.69 bits per heavy atom. The number of halogens is 1. The molecule has 1 aromatic heterocycles. The minimum Gasteiger partial charge on any atom is -0.366 e. The molecule has 5 nitrogen and oxygen atoms in total. The lowest BCUT2D eigenvalue weighted by Crippen LogP contribution is -2.12. The van der Waals surface area contributed by atoms with Gasteiger partial charge in [0.25, 0.3) is 0 Å². The quantitative estimate of drug-likeness (QED) is 0.875. The van der Waals surface area contributed by atoms with Gasteiger partial charge in [0.05, 0.1) is 6.10 Å². The van der Waals surface area contributed by atoms with Crippen molar-refractivity contribution in [3.63, 3.8) is 0 Å². The molecule has 0 aliphatic carbocycles. The normalized spacial score (nSPS) is 13.2. The monoisotopic (exact) mass is 248 g/mol. The molecule has 0 aliphatic rings. The lowest BCUT2D eigenvalue weighted by molar-refractivity contribution is 0.00860. The van der Waals surface area contributed by atoms with Crippen LogP contribution in [0.2, 0.25) is 0 Å². The van der Waals surface area contributed by atoms with Crippen molar-refractivity contribution in [2.75, 3.05) is 5.73 Å². The highest BCUT2D eigenvalue weighted by atomic mass is 79.9. The largest absolute Gasteiger partial charge is 0.366 e. The van der Waals surface area contributed by atoms with Crippen LogP contribution in [0.3, 0.4) is 0 Å². The molecule has 74 valence electrons. The van der Waals surface area contributed by atoms with Crippen LogP contribution in [0.5, 0.6) is 0 Å². The molecule has 0 bridgehead atoms. The molecule has 1 aromatic rings. The molecule has 1 atom stereocenters. The van der Waals surface area contributed by atoms with Crippen LogP contribution in [0.15, 0.2) is 4.73 Å². The number of anilines is 1. The molecule has 0 saturated carbocycles. The van der Waals surface area contributed by atoms with Crippen LogP contribution >= 0.6 is 15.9 Å². The van der Waals surface area contributed by atoms with Crippen molar-refractivity contribution < 1.29 is 4.74 Å². The fraction of sp³-hybridized carbons (Fsp3) is 0.714. The summed E-state index contributed by atoms with van der Waals surface area (Å²) in [5.74, 6) is 0.250. The second-order valence-corrected chi connectivity index (χ2v) is 3.46. The summed E-state index contributed by atoms with van der Waals surface area (Å²) >= 11 is 3.22. The average molecular weight is 249 g/mol. The summed E-state index contributed by atoms with van der Waals surface area (Å²) in [6.45, 7) is 4.45. The van der Waals surface area contributed by atoms with E-state index in [1.165, 1.54) is 0 Å². The molecule has 0 saturated heterocycles. The molecule has 1 unspecified atom stereocenters. The maximum atomic E-state index is 5.45. The van der Waals surface area contributed by atoms with Gasteiger partial charge in [-0.05, 0) is 29.3 Å². The Hall–Kier alpha value is -0.620. The highest BCUT2D eigenvalue weighted by molar-refractivity contribution is 9.10. The third kappa shape index (κ3) is 2.96. The summed E-state index contributed by atoms with van der Waals surface area (Å²) in [4.78, 5) is 3.88. The van der Waals surface area contributed by atoms with E-state index in [0.29, 0.717) is 11.5 Å². The first kappa shape index (κ1) is 10.5. The third-order valence-electron chi connectivity index (χ3n) is 1.70. The Morgan fingerprint density at radius 2 is 2.38 bits per heavy atom. The fourth-order valence-electron chi connectivity index (χ4n) is 0.737. The van der Waals surface area contributed by atoms with E-state index in [2.05, 4.69) is 32.9 Å². The molecule has 0 radical (unpaired) electrons. The maximum absolute atomic E-state index is 5.45. The van der Waals surface area contributed by atoms with Gasteiger partial charge in [0.1, 0.15) is 6.73 Å². The van der Waals surface area contributed by atoms with Crippen LogP contribution < -0.4 is 5.73 Å². The summed E-state index contributed by atoms with van der Waals surface area (Å²) in [5.41, 5.74) is 5.39. The van der Waals surface area contributed by atoms with E-state index in [4.69, 9.17) is 10.5 Å². The first-order valence-corrected chi connectivity index (χ1v) is 4.90. The number of aromatic nitrogens is 3. The SMILES string of the molecule is CCC(C)OCn1nc(N)nc1Br. The number of nitrogen functional groups attached to an aromatic ring is 1. The van der Waals surface area contributed by atoms with E-state index in [1.807, 2.05) is 6.92 Å². The number of ether oxygens (including phenoxy) is 1. The van der Waals surface area contributed by atoms with Crippen molar-refractivity contribution in [1.29, 1.82) is 0 Å². The van der Waals surface area contributed by atoms with Crippen LogP contribution in [-0.2, 0) is 11.5 Å². The predicted octanol–water partition coefficient (Wildman–Crippen LogP) is 1.40. The molecule has 0 aromatic carbocycles. The lowest BCUT2D eigenvalue weighted by atomic mass is 10.3. The van der Waals surface area contributed by atoms with Gasteiger partial charge >= 0.3 is 0 Å². The van der Waals surface area contributed by atoms with Crippen molar-refractivity contribution in [3.05, 3.63) is 4.73 Å². The highest BCUT2D eigenvalue weighted by Gasteiger charge is 2.05. The minimum atomic E-state index is 0.220. The molecule has 0 amide bonds. The van der Waals surface area contributed by atoms with E-state index >= 15 is 0 Å². The Kier molecular flexibility index (Phi) is 3.68. The first-order valence-electron chi connectivity index (χ1n) is 4.11. The van der Waals surface area contributed by atoms with E-state index in [-0.39, 0.29) is 12.1 Å². The summed E-state index contributed by atoms with van der Waals surface area (Å²) in [5, 5.41) is 3.93. The lowest BCUT2D eigenvalue weighted by Gasteiger charge is -2.09. The first-order chi connectivity index (χ1) is 6.13. The molecule has 0 aliphatic heterocycles. The maximum Gasteiger partial charge on any atom is 0.240 e. The van der Waals surface area contributed by atoms with Gasteiger partial charge < -0.3 is 10.5 Å². The van der Waals surface area contributed by atoms with Crippen LogP contribution in [-0.4, -0.2) is 20.9 Å².